The number of aryl methyl sites for hydroxylation is 1. The molecule has 1 heterocycles. The van der Waals surface area contributed by atoms with Gasteiger partial charge in [0.15, 0.2) is 0 Å². The summed E-state index contributed by atoms with van der Waals surface area (Å²) in [5, 5.41) is 8.71. The Labute approximate surface area is 92.9 Å². The van der Waals surface area contributed by atoms with E-state index in [1.165, 1.54) is 20.1 Å². The van der Waals surface area contributed by atoms with Crippen molar-refractivity contribution < 1.29 is 19.4 Å². The van der Waals surface area contributed by atoms with Crippen molar-refractivity contribution in [2.24, 2.45) is 7.05 Å². The summed E-state index contributed by atoms with van der Waals surface area (Å²) in [6, 6.07) is 1.58. The highest BCUT2D eigenvalue weighted by molar-refractivity contribution is 5.93. The second kappa shape index (κ2) is 4.65. The number of hydrogen-bond acceptors (Lipinski definition) is 3. The normalized spacial score (nSPS) is 11.3. The van der Waals surface area contributed by atoms with E-state index in [4.69, 9.17) is 5.11 Å². The van der Waals surface area contributed by atoms with Crippen LogP contribution in [0.25, 0.3) is 6.08 Å². The van der Waals surface area contributed by atoms with E-state index in [0.29, 0.717) is 11.3 Å². The number of carbonyl (C=O) groups is 2. The first kappa shape index (κ1) is 12.0. The number of methoxy groups -OCH3 is 1. The molecule has 0 aliphatic heterocycles. The minimum absolute atomic E-state index is 0.210. The van der Waals surface area contributed by atoms with Crippen LogP contribution in [-0.2, 0) is 16.6 Å². The van der Waals surface area contributed by atoms with E-state index in [1.807, 2.05) is 0 Å². The summed E-state index contributed by atoms with van der Waals surface area (Å²) in [6.45, 7) is 1.49. The second-order valence-electron chi connectivity index (χ2n) is 3.39. The van der Waals surface area contributed by atoms with Gasteiger partial charge < -0.3 is 14.4 Å². The summed E-state index contributed by atoms with van der Waals surface area (Å²) in [6.07, 6.45) is 3.16. The van der Waals surface area contributed by atoms with Gasteiger partial charge in [-0.2, -0.15) is 0 Å². The van der Waals surface area contributed by atoms with Gasteiger partial charge in [0.05, 0.1) is 7.11 Å². The lowest BCUT2D eigenvalue weighted by atomic mass is 10.2. The van der Waals surface area contributed by atoms with Gasteiger partial charge in [0.2, 0.25) is 0 Å². The maximum Gasteiger partial charge on any atom is 0.354 e. The second-order valence-corrected chi connectivity index (χ2v) is 3.39. The summed E-state index contributed by atoms with van der Waals surface area (Å²) in [5.74, 6) is -1.43. The predicted molar refractivity (Wildman–Crippen MR) is 58.0 cm³/mol. The number of esters is 1. The first-order valence-electron chi connectivity index (χ1n) is 4.62. The molecule has 86 valence electrons. The molecule has 0 fully saturated rings. The molecule has 0 aliphatic rings. The molecule has 0 saturated carbocycles. The van der Waals surface area contributed by atoms with Gasteiger partial charge in [-0.1, -0.05) is 0 Å². The molecular formula is C11H13NO4. The smallest absolute Gasteiger partial charge is 0.354 e. The molecule has 0 spiro atoms. The van der Waals surface area contributed by atoms with E-state index in [-0.39, 0.29) is 5.57 Å². The maximum atomic E-state index is 11.3. The molecule has 5 nitrogen and oxygen atoms in total. The summed E-state index contributed by atoms with van der Waals surface area (Å²) < 4.78 is 6.18. The monoisotopic (exact) mass is 223 g/mol. The molecule has 0 amide bonds. The molecule has 1 aromatic heterocycles. The van der Waals surface area contributed by atoms with Crippen molar-refractivity contribution in [1.29, 1.82) is 0 Å². The number of hydrogen-bond donors (Lipinski definition) is 1. The topological polar surface area (TPSA) is 68.5 Å². The fraction of sp³-hybridized carbons (Fsp3) is 0.273. The zero-order valence-corrected chi connectivity index (χ0v) is 9.35. The van der Waals surface area contributed by atoms with Crippen molar-refractivity contribution in [2.45, 2.75) is 6.92 Å². The van der Waals surface area contributed by atoms with Crippen molar-refractivity contribution in [2.75, 3.05) is 7.11 Å². The van der Waals surface area contributed by atoms with Gasteiger partial charge >= 0.3 is 11.9 Å². The summed E-state index contributed by atoms with van der Waals surface area (Å²) in [5.41, 5.74) is 1.25. The predicted octanol–water partition coefficient (Wildman–Crippen LogP) is 1.30. The van der Waals surface area contributed by atoms with E-state index in [1.54, 1.807) is 23.9 Å². The van der Waals surface area contributed by atoms with Crippen molar-refractivity contribution in [1.82, 2.24) is 4.57 Å². The van der Waals surface area contributed by atoms with E-state index in [0.717, 1.165) is 0 Å². The molecule has 0 saturated heterocycles. The van der Waals surface area contributed by atoms with Crippen molar-refractivity contribution in [3.8, 4) is 0 Å². The van der Waals surface area contributed by atoms with Crippen LogP contribution in [0.5, 0.6) is 0 Å². The molecule has 5 heteroatoms. The molecule has 0 radical (unpaired) electrons. The molecular weight excluding hydrogens is 210 g/mol. The van der Waals surface area contributed by atoms with Crippen molar-refractivity contribution in [3.63, 3.8) is 0 Å². The number of carboxylic acid groups (broad SMARTS) is 1. The first-order chi connectivity index (χ1) is 7.45. The highest BCUT2D eigenvalue weighted by Crippen LogP contribution is 2.12. The highest BCUT2D eigenvalue weighted by Gasteiger charge is 2.11. The van der Waals surface area contributed by atoms with Gasteiger partial charge in [0, 0.05) is 18.8 Å². The lowest BCUT2D eigenvalue weighted by molar-refractivity contribution is -0.132. The van der Waals surface area contributed by atoms with Crippen molar-refractivity contribution >= 4 is 18.0 Å². The number of nitrogens with zero attached hydrogens (tertiary/aromatic N) is 1. The minimum atomic E-state index is -0.983. The molecule has 0 atom stereocenters. The Morgan fingerprint density at radius 3 is 2.62 bits per heavy atom. The number of rotatable bonds is 3. The Balaban J connectivity index is 3.06. The lowest BCUT2D eigenvalue weighted by Gasteiger charge is -1.98. The largest absolute Gasteiger partial charge is 0.478 e. The Kier molecular flexibility index (Phi) is 3.50. The van der Waals surface area contributed by atoms with Crippen LogP contribution >= 0.6 is 0 Å². The van der Waals surface area contributed by atoms with Gasteiger partial charge in [-0.15, -0.1) is 0 Å². The molecule has 1 aromatic rings. The Bertz CT molecular complexity index is 457. The van der Waals surface area contributed by atoms with Crippen LogP contribution in [0.2, 0.25) is 0 Å². The fourth-order valence-corrected chi connectivity index (χ4v) is 1.29. The first-order valence-corrected chi connectivity index (χ1v) is 4.62. The van der Waals surface area contributed by atoms with Crippen molar-refractivity contribution in [3.05, 3.63) is 29.1 Å². The number of carboxylic acids is 1. The average Bonchev–Trinajstić information content (AvgIpc) is 2.58. The number of ether oxygens (including phenoxy) is 1. The van der Waals surface area contributed by atoms with E-state index >= 15 is 0 Å². The average molecular weight is 223 g/mol. The van der Waals surface area contributed by atoms with Gasteiger partial charge in [-0.3, -0.25) is 0 Å². The van der Waals surface area contributed by atoms with Gasteiger partial charge in [-0.05, 0) is 24.6 Å². The zero-order valence-electron chi connectivity index (χ0n) is 9.35. The van der Waals surface area contributed by atoms with Crippen LogP contribution in [0.1, 0.15) is 23.0 Å². The quantitative estimate of drug-likeness (QED) is 0.619. The molecule has 0 aromatic carbocycles. The van der Waals surface area contributed by atoms with Crippen LogP contribution in [0.3, 0.4) is 0 Å². The third-order valence-corrected chi connectivity index (χ3v) is 2.14. The van der Waals surface area contributed by atoms with Crippen LogP contribution in [-0.4, -0.2) is 28.7 Å². The number of aromatic nitrogens is 1. The Hall–Kier alpha value is -2.04. The Morgan fingerprint density at radius 2 is 2.12 bits per heavy atom. The van der Waals surface area contributed by atoms with Crippen LogP contribution < -0.4 is 0 Å². The molecule has 0 aliphatic carbocycles. The highest BCUT2D eigenvalue weighted by atomic mass is 16.5. The molecule has 0 unspecified atom stereocenters. The number of aliphatic carboxylic acids is 1. The summed E-state index contributed by atoms with van der Waals surface area (Å²) in [4.78, 5) is 21.9. The third-order valence-electron chi connectivity index (χ3n) is 2.14. The summed E-state index contributed by atoms with van der Waals surface area (Å²) >= 11 is 0. The Morgan fingerprint density at radius 1 is 1.50 bits per heavy atom. The summed E-state index contributed by atoms with van der Waals surface area (Å²) in [7, 11) is 2.99. The maximum absolute atomic E-state index is 11.3. The number of carbonyl (C=O) groups excluding carboxylic acids is 1. The minimum Gasteiger partial charge on any atom is -0.478 e. The van der Waals surface area contributed by atoms with Gasteiger partial charge in [0.1, 0.15) is 5.69 Å². The third kappa shape index (κ3) is 2.50. The zero-order chi connectivity index (χ0) is 12.3. The standard InChI is InChI=1S/C11H13NO4/c1-7(10(13)14)4-8-5-9(11(15)16-3)12(2)6-8/h4-6H,1-3H3,(H,13,14)/b7-4+. The van der Waals surface area contributed by atoms with Crippen LogP contribution in [0, 0.1) is 0 Å². The van der Waals surface area contributed by atoms with Crippen LogP contribution in [0.15, 0.2) is 17.8 Å². The van der Waals surface area contributed by atoms with E-state index < -0.39 is 11.9 Å². The van der Waals surface area contributed by atoms with Gasteiger partial charge in [-0.25, -0.2) is 9.59 Å². The van der Waals surface area contributed by atoms with Gasteiger partial charge in [0.25, 0.3) is 0 Å². The molecule has 16 heavy (non-hydrogen) atoms. The lowest BCUT2D eigenvalue weighted by Crippen LogP contribution is -2.06. The molecule has 0 bridgehead atoms. The van der Waals surface area contributed by atoms with Crippen LogP contribution in [0.4, 0.5) is 0 Å². The molecule has 1 N–H and O–H groups in total. The van der Waals surface area contributed by atoms with E-state index in [9.17, 15) is 9.59 Å². The fourth-order valence-electron chi connectivity index (χ4n) is 1.29. The molecule has 1 rings (SSSR count). The van der Waals surface area contributed by atoms with E-state index in [2.05, 4.69) is 4.74 Å². The SMILES string of the molecule is COC(=O)c1cc(/C=C(\C)C(=O)O)cn1C.